The highest BCUT2D eigenvalue weighted by molar-refractivity contribution is 6.32. The molecule has 1 saturated carbocycles. The van der Waals surface area contributed by atoms with Gasteiger partial charge in [0.2, 0.25) is 5.82 Å². The molecule has 1 unspecified atom stereocenters. The van der Waals surface area contributed by atoms with E-state index in [4.69, 9.17) is 16.3 Å². The predicted octanol–water partition coefficient (Wildman–Crippen LogP) is 8.16. The Labute approximate surface area is 305 Å². The van der Waals surface area contributed by atoms with E-state index in [1.165, 1.54) is 36.7 Å². The van der Waals surface area contributed by atoms with Crippen molar-refractivity contribution in [2.75, 3.05) is 6.61 Å². The van der Waals surface area contributed by atoms with Gasteiger partial charge in [0.1, 0.15) is 12.2 Å². The number of hydrogen-bond acceptors (Lipinski definition) is 9. The summed E-state index contributed by atoms with van der Waals surface area (Å²) in [6.07, 6.45) is -1.38. The molecule has 0 aliphatic heterocycles. The van der Waals surface area contributed by atoms with Crippen LogP contribution in [0.25, 0.3) is 11.5 Å². The van der Waals surface area contributed by atoms with Crippen molar-refractivity contribution in [2.45, 2.75) is 99.1 Å². The molecule has 1 fully saturated rings. The van der Waals surface area contributed by atoms with Crippen LogP contribution >= 0.6 is 11.6 Å². The summed E-state index contributed by atoms with van der Waals surface area (Å²) in [5, 5.41) is 17.8. The second-order valence-corrected chi connectivity index (χ2v) is 13.7. The summed E-state index contributed by atoms with van der Waals surface area (Å²) in [6, 6.07) is 8.32. The molecule has 1 atom stereocenters. The number of pyridine rings is 1. The number of benzene rings is 1. The van der Waals surface area contributed by atoms with Crippen LogP contribution in [-0.4, -0.2) is 65.0 Å². The van der Waals surface area contributed by atoms with Crippen molar-refractivity contribution in [2.24, 2.45) is 5.92 Å². The number of carbonyl (C=O) groups is 2. The van der Waals surface area contributed by atoms with Gasteiger partial charge in [0.05, 0.1) is 22.9 Å². The van der Waals surface area contributed by atoms with E-state index in [9.17, 15) is 27.2 Å². The van der Waals surface area contributed by atoms with Crippen molar-refractivity contribution >= 4 is 29.1 Å². The number of nitrogens with one attached hydrogen (secondary N) is 1. The molecule has 0 saturated heterocycles. The fraction of sp³-hybridized carbons (Fsp3) is 0.472. The number of ketones is 1. The molecule has 3 aromatic heterocycles. The molecule has 3 heterocycles. The molecule has 16 heteroatoms. The maximum absolute atomic E-state index is 13.9. The van der Waals surface area contributed by atoms with Crippen molar-refractivity contribution in [3.8, 4) is 5.82 Å². The average molecular weight is 749 g/mol. The quantitative estimate of drug-likeness (QED) is 0.0970. The third-order valence-corrected chi connectivity index (χ3v) is 7.97. The number of carbonyl (C=O) groups excluding carboxylic acids is 2. The van der Waals surface area contributed by atoms with E-state index in [1.807, 2.05) is 32.9 Å². The van der Waals surface area contributed by atoms with Crippen LogP contribution in [-0.2, 0) is 17.0 Å². The normalized spacial score (nSPS) is 13.9. The SMILES string of the molecule is C=C(NC(C)(C)C)c1cc(C(=O)OCC2CC2)cc(C)c1C.CC.CC(=O)c1cc(Cn2nnc(C(C)(F)C(F)(F)F)n2)nn1-c1ncccc1Cl. The number of aromatic nitrogens is 7. The Bertz CT molecular complexity index is 1890. The van der Waals surface area contributed by atoms with Crippen molar-refractivity contribution in [3.63, 3.8) is 0 Å². The molecule has 1 aliphatic rings. The largest absolute Gasteiger partial charge is 0.462 e. The lowest BCUT2D eigenvalue weighted by molar-refractivity contribution is -0.231. The first-order valence-corrected chi connectivity index (χ1v) is 17.1. The molecule has 0 spiro atoms. The first-order valence-electron chi connectivity index (χ1n) is 16.7. The Morgan fingerprint density at radius 2 is 1.71 bits per heavy atom. The predicted molar refractivity (Wildman–Crippen MR) is 190 cm³/mol. The van der Waals surface area contributed by atoms with Crippen molar-refractivity contribution in [3.05, 3.63) is 87.6 Å². The van der Waals surface area contributed by atoms with Gasteiger partial charge in [-0.3, -0.25) is 4.79 Å². The number of nitrogens with zero attached hydrogens (tertiary/aromatic N) is 7. The molecule has 0 bridgehead atoms. The monoisotopic (exact) mass is 748 g/mol. The van der Waals surface area contributed by atoms with Gasteiger partial charge in [0.15, 0.2) is 11.6 Å². The van der Waals surface area contributed by atoms with Gasteiger partial charge in [0.25, 0.3) is 5.67 Å². The maximum atomic E-state index is 13.9. The molecule has 1 aromatic carbocycles. The van der Waals surface area contributed by atoms with Gasteiger partial charge >= 0.3 is 12.1 Å². The van der Waals surface area contributed by atoms with E-state index in [1.54, 1.807) is 12.1 Å². The smallest absolute Gasteiger partial charge is 0.429 e. The molecule has 4 aromatic rings. The first-order chi connectivity index (χ1) is 24.2. The number of alkyl halides is 4. The summed E-state index contributed by atoms with van der Waals surface area (Å²) in [7, 11) is 0. The molecule has 1 N–H and O–H groups in total. The lowest BCUT2D eigenvalue weighted by Crippen LogP contribution is -2.36. The Morgan fingerprint density at radius 1 is 1.06 bits per heavy atom. The number of Topliss-reactive ketones (excluding diaryl/α,β-unsaturated/α-hetero) is 1. The van der Waals surface area contributed by atoms with Gasteiger partial charge in [0, 0.05) is 29.9 Å². The molecule has 11 nitrogen and oxygen atoms in total. The second-order valence-electron chi connectivity index (χ2n) is 13.3. The number of tetrazole rings is 1. The first kappa shape index (κ1) is 41.8. The van der Waals surface area contributed by atoms with Gasteiger partial charge in [-0.2, -0.15) is 23.1 Å². The standard InChI is InChI=1S/C19H27NO2.C15H12ClF4N7O.C2H6/c1-12-9-16(18(21)22-11-15-7-8-15)10-17(13(12)2)14(3)20-19(4,5)6;1-8(28)11-6-9(23-27(11)12-10(16)4-3-5-21-12)7-26-24-13(22-25-26)14(2,17)15(18,19)20;1-2/h9-10,15,20H,3,7-8,11H2,1-2,4-6H3;3-6H,7H2,1-2H3;1-2H3. The molecule has 282 valence electrons. The van der Waals surface area contributed by atoms with E-state index in [-0.39, 0.29) is 46.1 Å². The Kier molecular flexibility index (Phi) is 13.5. The molecule has 0 radical (unpaired) electrons. The topological polar surface area (TPSA) is 130 Å². The van der Waals surface area contributed by atoms with E-state index < -0.39 is 17.7 Å². The zero-order valence-electron chi connectivity index (χ0n) is 30.8. The molecule has 5 rings (SSSR count). The fourth-order valence-electron chi connectivity index (χ4n) is 4.59. The average Bonchev–Trinajstić information content (AvgIpc) is 3.60. The number of hydrogen-bond donors (Lipinski definition) is 1. The van der Waals surface area contributed by atoms with Crippen LogP contribution in [0, 0.1) is 19.8 Å². The highest BCUT2D eigenvalue weighted by Gasteiger charge is 2.56. The summed E-state index contributed by atoms with van der Waals surface area (Å²) < 4.78 is 58.8. The molecular formula is C36H45ClF4N8O3. The van der Waals surface area contributed by atoms with Crippen LogP contribution in [0.2, 0.25) is 5.02 Å². The Hall–Kier alpha value is -4.66. The number of aryl methyl sites for hydroxylation is 1. The fourth-order valence-corrected chi connectivity index (χ4v) is 4.80. The van der Waals surface area contributed by atoms with E-state index >= 15 is 0 Å². The van der Waals surface area contributed by atoms with Crippen LogP contribution in [0.5, 0.6) is 0 Å². The summed E-state index contributed by atoms with van der Waals surface area (Å²) in [5.74, 6) is -0.936. The third-order valence-electron chi connectivity index (χ3n) is 7.67. The highest BCUT2D eigenvalue weighted by Crippen LogP contribution is 2.40. The molecule has 1 aliphatic carbocycles. The molecular weight excluding hydrogens is 704 g/mol. The molecule has 0 amide bonds. The van der Waals surface area contributed by atoms with Crippen LogP contribution in [0.15, 0.2) is 43.1 Å². The highest BCUT2D eigenvalue weighted by atomic mass is 35.5. The zero-order valence-corrected chi connectivity index (χ0v) is 31.6. The lowest BCUT2D eigenvalue weighted by atomic mass is 9.96. The van der Waals surface area contributed by atoms with Gasteiger partial charge in [-0.1, -0.05) is 32.0 Å². The number of halogens is 5. The number of ether oxygens (including phenoxy) is 1. The lowest BCUT2D eigenvalue weighted by Gasteiger charge is -2.25. The van der Waals surface area contributed by atoms with E-state index in [2.05, 4.69) is 65.1 Å². The summed E-state index contributed by atoms with van der Waals surface area (Å²) in [5.41, 5.74) is 1.17. The minimum absolute atomic E-state index is 0.0695. The van der Waals surface area contributed by atoms with Gasteiger partial charge in [-0.25, -0.2) is 18.9 Å². The van der Waals surface area contributed by atoms with Gasteiger partial charge in [-0.05, 0) is 107 Å². The van der Waals surface area contributed by atoms with Crippen LogP contribution < -0.4 is 5.32 Å². The van der Waals surface area contributed by atoms with Crippen molar-refractivity contribution in [1.29, 1.82) is 0 Å². The van der Waals surface area contributed by atoms with E-state index in [0.717, 1.165) is 27.2 Å². The van der Waals surface area contributed by atoms with Crippen molar-refractivity contribution < 1.29 is 31.9 Å². The summed E-state index contributed by atoms with van der Waals surface area (Å²) in [4.78, 5) is 28.9. The van der Waals surface area contributed by atoms with Gasteiger partial charge in [-0.15, -0.1) is 10.2 Å². The van der Waals surface area contributed by atoms with Crippen molar-refractivity contribution in [1.82, 2.24) is 40.3 Å². The van der Waals surface area contributed by atoms with Crippen LogP contribution in [0.3, 0.4) is 0 Å². The van der Waals surface area contributed by atoms with Crippen LogP contribution in [0.1, 0.15) is 110 Å². The molecule has 52 heavy (non-hydrogen) atoms. The summed E-state index contributed by atoms with van der Waals surface area (Å²) in [6.45, 7) is 20.4. The number of esters is 1. The Balaban J connectivity index is 0.000000275. The number of rotatable bonds is 10. The minimum atomic E-state index is -5.19. The van der Waals surface area contributed by atoms with Crippen LogP contribution in [0.4, 0.5) is 17.6 Å². The maximum Gasteiger partial charge on any atom is 0.429 e. The van der Waals surface area contributed by atoms with E-state index in [0.29, 0.717) is 25.0 Å². The summed E-state index contributed by atoms with van der Waals surface area (Å²) >= 11 is 6.08. The minimum Gasteiger partial charge on any atom is -0.462 e. The third kappa shape index (κ3) is 10.7. The zero-order chi connectivity index (χ0) is 39.2. The van der Waals surface area contributed by atoms with Gasteiger partial charge < -0.3 is 10.1 Å². The Morgan fingerprint density at radius 3 is 2.27 bits per heavy atom. The second kappa shape index (κ2) is 16.8.